The number of thiazole rings is 1. The number of nitrogens with one attached hydrogen (secondary N) is 2. The summed E-state index contributed by atoms with van der Waals surface area (Å²) in [6.45, 7) is 1.93. The number of nitrogens with zero attached hydrogens (tertiary/aromatic N) is 3. The van der Waals surface area contributed by atoms with Crippen LogP contribution in [-0.4, -0.2) is 54.2 Å². The summed E-state index contributed by atoms with van der Waals surface area (Å²) in [5.41, 5.74) is 1.23. The lowest BCUT2D eigenvalue weighted by Crippen LogP contribution is -2.16. The minimum Gasteiger partial charge on any atom is -0.461 e. The molecule has 0 atom stereocenters. The molecule has 2 aromatic heterocycles. The molecule has 0 fully saturated rings. The quantitative estimate of drug-likeness (QED) is 0.557. The van der Waals surface area contributed by atoms with Gasteiger partial charge in [-0.3, -0.25) is 4.72 Å². The van der Waals surface area contributed by atoms with Gasteiger partial charge in [0.15, 0.2) is 5.69 Å². The van der Waals surface area contributed by atoms with E-state index < -0.39 is 16.0 Å². The zero-order chi connectivity index (χ0) is 17.6. The molecule has 0 saturated heterocycles. The first-order valence-electron chi connectivity index (χ1n) is 6.78. The summed E-state index contributed by atoms with van der Waals surface area (Å²) in [5, 5.41) is 11.4. The third-order valence-corrected chi connectivity index (χ3v) is 4.77. The van der Waals surface area contributed by atoms with E-state index in [0.717, 1.165) is 23.7 Å². The first-order valence-corrected chi connectivity index (χ1v) is 9.14. The average molecular weight is 373 g/mol. The second-order valence-corrected chi connectivity index (χ2v) is 6.79. The van der Waals surface area contributed by atoms with Crippen LogP contribution in [0.1, 0.15) is 17.4 Å². The van der Waals surface area contributed by atoms with Gasteiger partial charge in [0.05, 0.1) is 31.1 Å². The van der Waals surface area contributed by atoms with E-state index in [2.05, 4.69) is 25.0 Å². The molecule has 2 aromatic rings. The molecule has 0 bridgehead atoms. The second-order valence-electron chi connectivity index (χ2n) is 4.25. The second kappa shape index (κ2) is 7.99. The van der Waals surface area contributed by atoms with E-state index in [-0.39, 0.29) is 41.3 Å². The van der Waals surface area contributed by atoms with Crippen LogP contribution in [0.3, 0.4) is 0 Å². The van der Waals surface area contributed by atoms with Crippen LogP contribution < -0.4 is 10.0 Å². The Morgan fingerprint density at radius 1 is 1.33 bits per heavy atom. The smallest absolute Gasteiger partial charge is 0.360 e. The lowest BCUT2D eigenvalue weighted by Gasteiger charge is -2.08. The van der Waals surface area contributed by atoms with Crippen molar-refractivity contribution in [2.75, 3.05) is 29.8 Å². The fraction of sp³-hybridized carbons (Fsp3) is 0.333. The molecule has 130 valence electrons. The predicted octanol–water partition coefficient (Wildman–Crippen LogP) is 0.315. The third kappa shape index (κ3) is 4.37. The highest BCUT2D eigenvalue weighted by Gasteiger charge is 2.22. The SMILES string of the molecule is CCOC(=O)c1ncsc1NS(=O)(=O)c1cnc(NCCO)nc1. The summed E-state index contributed by atoms with van der Waals surface area (Å²) in [6, 6.07) is 0. The number of rotatable bonds is 8. The fourth-order valence-corrected chi connectivity index (χ4v) is 3.43. The molecule has 0 unspecified atom stereocenters. The maximum Gasteiger partial charge on any atom is 0.360 e. The van der Waals surface area contributed by atoms with E-state index in [9.17, 15) is 13.2 Å². The fourth-order valence-electron chi connectivity index (χ4n) is 1.56. The normalized spacial score (nSPS) is 11.1. The largest absolute Gasteiger partial charge is 0.461 e. The molecule has 0 aliphatic rings. The van der Waals surface area contributed by atoms with Gasteiger partial charge in [-0.15, -0.1) is 11.3 Å². The Labute approximate surface area is 142 Å². The molecule has 2 heterocycles. The van der Waals surface area contributed by atoms with Crippen molar-refractivity contribution in [1.82, 2.24) is 15.0 Å². The van der Waals surface area contributed by atoms with Crippen LogP contribution in [0.5, 0.6) is 0 Å². The van der Waals surface area contributed by atoms with Crippen molar-refractivity contribution in [3.8, 4) is 0 Å². The van der Waals surface area contributed by atoms with E-state index in [1.807, 2.05) is 0 Å². The van der Waals surface area contributed by atoms with Crippen LogP contribution >= 0.6 is 11.3 Å². The van der Waals surface area contributed by atoms with E-state index in [0.29, 0.717) is 0 Å². The molecule has 0 amide bonds. The number of aliphatic hydroxyl groups excluding tert-OH is 1. The molecular formula is C12H15N5O5S2. The van der Waals surface area contributed by atoms with Gasteiger partial charge in [0.2, 0.25) is 5.95 Å². The lowest BCUT2D eigenvalue weighted by molar-refractivity contribution is 0.0521. The van der Waals surface area contributed by atoms with Crippen LogP contribution in [0.25, 0.3) is 0 Å². The first-order chi connectivity index (χ1) is 11.5. The highest BCUT2D eigenvalue weighted by atomic mass is 32.2. The van der Waals surface area contributed by atoms with Gasteiger partial charge < -0.3 is 15.2 Å². The van der Waals surface area contributed by atoms with E-state index in [1.165, 1.54) is 5.51 Å². The van der Waals surface area contributed by atoms with Crippen LogP contribution in [0, 0.1) is 0 Å². The molecule has 10 nitrogen and oxygen atoms in total. The van der Waals surface area contributed by atoms with Gasteiger partial charge in [0.1, 0.15) is 9.90 Å². The Morgan fingerprint density at radius 3 is 2.67 bits per heavy atom. The van der Waals surface area contributed by atoms with Crippen molar-refractivity contribution in [3.05, 3.63) is 23.6 Å². The standard InChI is InChI=1S/C12H15N5O5S2/c1-2-22-11(19)9-10(23-7-16-9)17-24(20,21)8-5-14-12(15-6-8)13-3-4-18/h5-7,17-18H,2-4H2,1H3,(H,13,14,15). The number of aromatic nitrogens is 3. The molecule has 0 aliphatic heterocycles. The van der Waals surface area contributed by atoms with Gasteiger partial charge in [0, 0.05) is 6.54 Å². The number of hydrogen-bond donors (Lipinski definition) is 3. The highest BCUT2D eigenvalue weighted by Crippen LogP contribution is 2.24. The van der Waals surface area contributed by atoms with Crippen molar-refractivity contribution < 1.29 is 23.1 Å². The molecule has 2 rings (SSSR count). The third-order valence-electron chi connectivity index (χ3n) is 2.60. The minimum atomic E-state index is -3.98. The molecule has 0 radical (unpaired) electrons. The van der Waals surface area contributed by atoms with Crippen molar-refractivity contribution >= 4 is 38.3 Å². The summed E-state index contributed by atoms with van der Waals surface area (Å²) in [7, 11) is -3.98. The van der Waals surface area contributed by atoms with Gasteiger partial charge in [0.25, 0.3) is 10.0 Å². The summed E-state index contributed by atoms with van der Waals surface area (Å²) in [4.78, 5) is 23.0. The maximum atomic E-state index is 12.3. The number of carbonyl (C=O) groups excluding carboxylic acids is 1. The van der Waals surface area contributed by atoms with E-state index >= 15 is 0 Å². The molecule has 24 heavy (non-hydrogen) atoms. The molecule has 0 spiro atoms. The minimum absolute atomic E-state index is 0.0518. The first kappa shape index (κ1) is 18.0. The van der Waals surface area contributed by atoms with Crippen molar-refractivity contribution in [2.45, 2.75) is 11.8 Å². The Bertz CT molecular complexity index is 790. The summed E-state index contributed by atoms with van der Waals surface area (Å²) >= 11 is 0.956. The van der Waals surface area contributed by atoms with Crippen LogP contribution in [0.4, 0.5) is 10.9 Å². The topological polar surface area (TPSA) is 143 Å². The van der Waals surface area contributed by atoms with Gasteiger partial charge >= 0.3 is 5.97 Å². The molecular weight excluding hydrogens is 358 g/mol. The Kier molecular flexibility index (Phi) is 6.00. The van der Waals surface area contributed by atoms with E-state index in [1.54, 1.807) is 6.92 Å². The maximum absolute atomic E-state index is 12.3. The monoisotopic (exact) mass is 373 g/mol. The van der Waals surface area contributed by atoms with Crippen molar-refractivity contribution in [3.63, 3.8) is 0 Å². The predicted molar refractivity (Wildman–Crippen MR) is 86.5 cm³/mol. The molecule has 0 aromatic carbocycles. The lowest BCUT2D eigenvalue weighted by atomic mass is 10.5. The van der Waals surface area contributed by atoms with Crippen LogP contribution in [0.2, 0.25) is 0 Å². The number of esters is 1. The van der Waals surface area contributed by atoms with Gasteiger partial charge in [-0.25, -0.2) is 28.2 Å². The highest BCUT2D eigenvalue weighted by molar-refractivity contribution is 7.93. The Morgan fingerprint density at radius 2 is 2.04 bits per heavy atom. The Balaban J connectivity index is 2.17. The van der Waals surface area contributed by atoms with Crippen LogP contribution in [0.15, 0.2) is 22.8 Å². The number of hydrogen-bond acceptors (Lipinski definition) is 10. The zero-order valence-electron chi connectivity index (χ0n) is 12.6. The Hall–Kier alpha value is -2.31. The molecule has 3 N–H and O–H groups in total. The molecule has 12 heteroatoms. The van der Waals surface area contributed by atoms with Gasteiger partial charge in [-0.05, 0) is 6.92 Å². The summed E-state index contributed by atoms with van der Waals surface area (Å²) in [5.74, 6) is -0.524. The van der Waals surface area contributed by atoms with Crippen LogP contribution in [-0.2, 0) is 14.8 Å². The summed E-state index contributed by atoms with van der Waals surface area (Å²) < 4.78 is 31.8. The van der Waals surface area contributed by atoms with Crippen molar-refractivity contribution in [2.24, 2.45) is 0 Å². The van der Waals surface area contributed by atoms with Gasteiger partial charge in [-0.1, -0.05) is 0 Å². The number of sulfonamides is 1. The number of anilines is 2. The summed E-state index contributed by atoms with van der Waals surface area (Å²) in [6.07, 6.45) is 2.22. The van der Waals surface area contributed by atoms with Crippen molar-refractivity contribution in [1.29, 1.82) is 0 Å². The van der Waals surface area contributed by atoms with Gasteiger partial charge in [-0.2, -0.15) is 0 Å². The molecule has 0 aliphatic carbocycles. The molecule has 0 saturated carbocycles. The van der Waals surface area contributed by atoms with E-state index in [4.69, 9.17) is 9.84 Å². The average Bonchev–Trinajstić information content (AvgIpc) is 3.01. The number of ether oxygens (including phenoxy) is 1. The number of carbonyl (C=O) groups is 1. The zero-order valence-corrected chi connectivity index (χ0v) is 14.2. The number of aliphatic hydroxyl groups is 1.